The number of nitrogens with one attached hydrogen (secondary N) is 1. The fourth-order valence-electron chi connectivity index (χ4n) is 1.99. The summed E-state index contributed by atoms with van der Waals surface area (Å²) >= 11 is 0. The Balaban J connectivity index is 2.68. The average molecular weight is 293 g/mol. The molecule has 0 spiro atoms. The molecular weight excluding hydrogens is 262 g/mol. The molecule has 0 bridgehead atoms. The molecule has 0 amide bonds. The van der Waals surface area contributed by atoms with E-state index in [-0.39, 0.29) is 0 Å². The quantitative estimate of drug-likeness (QED) is 0.754. The highest BCUT2D eigenvalue weighted by Gasteiger charge is 2.11. The molecule has 0 aliphatic rings. The van der Waals surface area contributed by atoms with Crippen LogP contribution in [0.25, 0.3) is 0 Å². The van der Waals surface area contributed by atoms with E-state index in [9.17, 15) is 0 Å². The standard InChI is InChI=1S/C16H31N5/c1-13(2)12-21(10-9-20(5)6)16-8-7-15(18-19-16)11-17-14(3)4/h7-8,13-14,17H,9-12H2,1-6H3. The molecule has 0 fully saturated rings. The van der Waals surface area contributed by atoms with Crippen LogP contribution in [0.5, 0.6) is 0 Å². The minimum Gasteiger partial charge on any atom is -0.354 e. The fraction of sp³-hybridized carbons (Fsp3) is 0.750. The maximum Gasteiger partial charge on any atom is 0.151 e. The minimum absolute atomic E-state index is 0.462. The van der Waals surface area contributed by atoms with Crippen LogP contribution in [0.1, 0.15) is 33.4 Å². The van der Waals surface area contributed by atoms with Crippen molar-refractivity contribution in [2.45, 2.75) is 40.3 Å². The Morgan fingerprint density at radius 1 is 1.05 bits per heavy atom. The van der Waals surface area contributed by atoms with Crippen molar-refractivity contribution in [1.82, 2.24) is 20.4 Å². The number of hydrogen-bond acceptors (Lipinski definition) is 5. The third kappa shape index (κ3) is 7.39. The molecule has 1 aromatic heterocycles. The Bertz CT molecular complexity index is 386. The van der Waals surface area contributed by atoms with Crippen molar-refractivity contribution >= 4 is 5.82 Å². The fourth-order valence-corrected chi connectivity index (χ4v) is 1.99. The van der Waals surface area contributed by atoms with Crippen molar-refractivity contribution in [2.75, 3.05) is 38.6 Å². The Hall–Kier alpha value is -1.20. The van der Waals surface area contributed by atoms with E-state index in [4.69, 9.17) is 0 Å². The molecule has 0 saturated heterocycles. The first-order valence-electron chi connectivity index (χ1n) is 7.84. The zero-order valence-electron chi connectivity index (χ0n) is 14.4. The number of aromatic nitrogens is 2. The van der Waals surface area contributed by atoms with E-state index in [1.54, 1.807) is 0 Å². The number of hydrogen-bond donors (Lipinski definition) is 1. The highest BCUT2D eigenvalue weighted by Crippen LogP contribution is 2.12. The topological polar surface area (TPSA) is 44.3 Å². The van der Waals surface area contributed by atoms with Gasteiger partial charge >= 0.3 is 0 Å². The summed E-state index contributed by atoms with van der Waals surface area (Å²) in [7, 11) is 4.19. The monoisotopic (exact) mass is 293 g/mol. The van der Waals surface area contributed by atoms with Gasteiger partial charge in [0.2, 0.25) is 0 Å². The van der Waals surface area contributed by atoms with Crippen molar-refractivity contribution in [1.29, 1.82) is 0 Å². The van der Waals surface area contributed by atoms with Crippen LogP contribution in [0.15, 0.2) is 12.1 Å². The first-order chi connectivity index (χ1) is 9.88. The first kappa shape index (κ1) is 17.9. The summed E-state index contributed by atoms with van der Waals surface area (Å²) in [6.45, 7) is 12.5. The molecule has 1 rings (SSSR count). The Kier molecular flexibility index (Phi) is 7.61. The smallest absolute Gasteiger partial charge is 0.151 e. The van der Waals surface area contributed by atoms with Crippen molar-refractivity contribution in [3.63, 3.8) is 0 Å². The lowest BCUT2D eigenvalue weighted by molar-refractivity contribution is 0.408. The lowest BCUT2D eigenvalue weighted by Gasteiger charge is -2.26. The van der Waals surface area contributed by atoms with Gasteiger partial charge in [0.05, 0.1) is 5.69 Å². The number of nitrogens with zero attached hydrogens (tertiary/aromatic N) is 4. The van der Waals surface area contributed by atoms with Gasteiger partial charge in [0.15, 0.2) is 5.82 Å². The molecule has 1 aromatic rings. The molecule has 1 N–H and O–H groups in total. The van der Waals surface area contributed by atoms with E-state index < -0.39 is 0 Å². The number of rotatable bonds is 9. The van der Waals surface area contributed by atoms with Crippen LogP contribution in [0.2, 0.25) is 0 Å². The highest BCUT2D eigenvalue weighted by atomic mass is 15.3. The second-order valence-electron chi connectivity index (χ2n) is 6.56. The van der Waals surface area contributed by atoms with Gasteiger partial charge in [-0.3, -0.25) is 0 Å². The molecule has 0 unspecified atom stereocenters. The Morgan fingerprint density at radius 2 is 1.76 bits per heavy atom. The molecule has 0 aliphatic heterocycles. The van der Waals surface area contributed by atoms with Crippen LogP contribution < -0.4 is 10.2 Å². The predicted octanol–water partition coefficient (Wildman–Crippen LogP) is 2.00. The highest BCUT2D eigenvalue weighted by molar-refractivity contribution is 5.37. The van der Waals surface area contributed by atoms with Crippen molar-refractivity contribution < 1.29 is 0 Å². The van der Waals surface area contributed by atoms with Gasteiger partial charge < -0.3 is 15.1 Å². The molecule has 120 valence electrons. The van der Waals surface area contributed by atoms with E-state index in [2.05, 4.69) is 79.2 Å². The molecular formula is C16H31N5. The third-order valence-corrected chi connectivity index (χ3v) is 3.12. The SMILES string of the molecule is CC(C)CN(CCN(C)C)c1ccc(CNC(C)C)nn1. The zero-order chi connectivity index (χ0) is 15.8. The molecule has 21 heavy (non-hydrogen) atoms. The van der Waals surface area contributed by atoms with E-state index in [0.29, 0.717) is 12.0 Å². The molecule has 0 radical (unpaired) electrons. The lowest BCUT2D eigenvalue weighted by atomic mass is 10.2. The van der Waals surface area contributed by atoms with Gasteiger partial charge in [-0.1, -0.05) is 27.7 Å². The normalized spacial score (nSPS) is 11.7. The van der Waals surface area contributed by atoms with Gasteiger partial charge in [0, 0.05) is 32.2 Å². The van der Waals surface area contributed by atoms with Crippen LogP contribution in [0.4, 0.5) is 5.82 Å². The molecule has 0 saturated carbocycles. The van der Waals surface area contributed by atoms with Gasteiger partial charge in [-0.2, -0.15) is 5.10 Å². The van der Waals surface area contributed by atoms with Gasteiger partial charge in [0.25, 0.3) is 0 Å². The van der Waals surface area contributed by atoms with E-state index in [1.165, 1.54) is 0 Å². The van der Waals surface area contributed by atoms with Crippen molar-refractivity contribution in [2.24, 2.45) is 5.92 Å². The van der Waals surface area contributed by atoms with Crippen LogP contribution in [0.3, 0.4) is 0 Å². The molecule has 5 heteroatoms. The Morgan fingerprint density at radius 3 is 2.24 bits per heavy atom. The second-order valence-corrected chi connectivity index (χ2v) is 6.56. The summed E-state index contributed by atoms with van der Waals surface area (Å²) in [5.74, 6) is 1.58. The maximum atomic E-state index is 4.41. The van der Waals surface area contributed by atoms with Gasteiger partial charge in [-0.05, 0) is 32.1 Å². The van der Waals surface area contributed by atoms with E-state index in [1.807, 2.05) is 0 Å². The summed E-state index contributed by atoms with van der Waals surface area (Å²) in [6.07, 6.45) is 0. The summed E-state index contributed by atoms with van der Waals surface area (Å²) < 4.78 is 0. The number of likely N-dealkylation sites (N-methyl/N-ethyl adjacent to an activating group) is 1. The largest absolute Gasteiger partial charge is 0.354 e. The van der Waals surface area contributed by atoms with E-state index >= 15 is 0 Å². The zero-order valence-corrected chi connectivity index (χ0v) is 14.4. The molecule has 0 aromatic carbocycles. The molecule has 0 atom stereocenters. The van der Waals surface area contributed by atoms with Crippen molar-refractivity contribution in [3.8, 4) is 0 Å². The maximum absolute atomic E-state index is 4.41. The predicted molar refractivity (Wildman–Crippen MR) is 89.6 cm³/mol. The summed E-state index contributed by atoms with van der Waals surface area (Å²) in [6, 6.07) is 4.62. The molecule has 5 nitrogen and oxygen atoms in total. The van der Waals surface area contributed by atoms with E-state index in [0.717, 1.165) is 37.7 Å². The van der Waals surface area contributed by atoms with Crippen LogP contribution >= 0.6 is 0 Å². The van der Waals surface area contributed by atoms with Crippen molar-refractivity contribution in [3.05, 3.63) is 17.8 Å². The molecule has 0 aliphatic carbocycles. The average Bonchev–Trinajstić information content (AvgIpc) is 2.41. The summed E-state index contributed by atoms with van der Waals surface area (Å²) in [5.41, 5.74) is 0.990. The van der Waals surface area contributed by atoms with Crippen LogP contribution in [0, 0.1) is 5.92 Å². The van der Waals surface area contributed by atoms with Gasteiger partial charge in [-0.25, -0.2) is 0 Å². The Labute approximate surface area is 129 Å². The first-order valence-corrected chi connectivity index (χ1v) is 7.84. The summed E-state index contributed by atoms with van der Waals surface area (Å²) in [5, 5.41) is 12.1. The van der Waals surface area contributed by atoms with Crippen LogP contribution in [-0.2, 0) is 6.54 Å². The summed E-state index contributed by atoms with van der Waals surface area (Å²) in [4.78, 5) is 4.51. The third-order valence-electron chi connectivity index (χ3n) is 3.12. The van der Waals surface area contributed by atoms with Gasteiger partial charge in [-0.15, -0.1) is 5.10 Å². The van der Waals surface area contributed by atoms with Crippen LogP contribution in [-0.4, -0.2) is 54.9 Å². The molecule has 1 heterocycles. The second kappa shape index (κ2) is 8.95. The lowest BCUT2D eigenvalue weighted by Crippen LogP contribution is -2.35. The van der Waals surface area contributed by atoms with Gasteiger partial charge in [0.1, 0.15) is 0 Å². The minimum atomic E-state index is 0.462. The number of anilines is 1.